The van der Waals surface area contributed by atoms with Gasteiger partial charge in [-0.05, 0) is 37.3 Å². The second kappa shape index (κ2) is 6.21. The molecule has 2 aromatic heterocycles. The standard InChI is InChI=1S/C18H14F3N3O2/c1-9-2-4-11(25)8-23-15-13(6-9)12-7-10(18(19,20)21)3-5-14(12)24-16(15)17(22)26/h2-8,23,25H,1H3,(H2,22,26). The normalized spacial score (nSPS) is 11.5. The molecule has 1 aromatic carbocycles. The number of H-pyrrole nitrogens is 1. The Balaban J connectivity index is 2.60. The lowest BCUT2D eigenvalue weighted by Gasteiger charge is -2.10. The number of carbonyl (C=O) groups is 1. The first-order valence-corrected chi connectivity index (χ1v) is 7.53. The number of halogens is 3. The molecule has 0 saturated carbocycles. The predicted molar refractivity (Wildman–Crippen MR) is 91.1 cm³/mol. The SMILES string of the molecule is Cc1ccc(O)c[nH]c2c(C(N)=O)nc3ccc(C(F)(F)F)cc3c2c1. The van der Waals surface area contributed by atoms with Crippen molar-refractivity contribution in [2.75, 3.05) is 0 Å². The summed E-state index contributed by atoms with van der Waals surface area (Å²) >= 11 is 0. The largest absolute Gasteiger partial charge is 0.506 e. The number of aromatic amines is 1. The molecule has 3 rings (SSSR count). The summed E-state index contributed by atoms with van der Waals surface area (Å²) in [5, 5.41) is 10.3. The van der Waals surface area contributed by atoms with Gasteiger partial charge in [0, 0.05) is 17.0 Å². The lowest BCUT2D eigenvalue weighted by Crippen LogP contribution is -2.14. The summed E-state index contributed by atoms with van der Waals surface area (Å²) in [4.78, 5) is 18.6. The fraction of sp³-hybridized carbons (Fsp3) is 0.111. The second-order valence-corrected chi connectivity index (χ2v) is 5.78. The summed E-state index contributed by atoms with van der Waals surface area (Å²) in [5.41, 5.74) is 5.39. The van der Waals surface area contributed by atoms with Crippen molar-refractivity contribution in [2.24, 2.45) is 5.73 Å². The van der Waals surface area contributed by atoms with Crippen molar-refractivity contribution in [3.8, 4) is 5.75 Å². The molecule has 5 nitrogen and oxygen atoms in total. The number of rotatable bonds is 1. The number of carbonyl (C=O) groups excluding carboxylic acids is 1. The maximum atomic E-state index is 13.1. The molecule has 0 radical (unpaired) electrons. The van der Waals surface area contributed by atoms with Crippen LogP contribution in [0.4, 0.5) is 13.2 Å². The molecule has 2 heterocycles. The van der Waals surface area contributed by atoms with Gasteiger partial charge in [0.1, 0.15) is 5.75 Å². The fourth-order valence-corrected chi connectivity index (χ4v) is 2.63. The zero-order valence-corrected chi connectivity index (χ0v) is 13.6. The lowest BCUT2D eigenvalue weighted by atomic mass is 10.0. The second-order valence-electron chi connectivity index (χ2n) is 5.78. The number of hydrogen-bond acceptors (Lipinski definition) is 3. The van der Waals surface area contributed by atoms with Crippen LogP contribution in [0.2, 0.25) is 0 Å². The Kier molecular flexibility index (Phi) is 4.19. The highest BCUT2D eigenvalue weighted by Crippen LogP contribution is 2.33. The highest BCUT2D eigenvalue weighted by atomic mass is 19.4. The maximum Gasteiger partial charge on any atom is 0.416 e. The molecule has 1 amide bonds. The third-order valence-corrected chi connectivity index (χ3v) is 3.84. The molecule has 0 spiro atoms. The molecule has 3 aromatic rings. The zero-order chi connectivity index (χ0) is 19.1. The minimum atomic E-state index is -4.52. The number of primary amides is 1. The van der Waals surface area contributed by atoms with Crippen molar-refractivity contribution >= 4 is 27.7 Å². The number of nitrogens with zero attached hydrogens (tertiary/aromatic N) is 1. The van der Waals surface area contributed by atoms with Gasteiger partial charge < -0.3 is 15.8 Å². The Morgan fingerprint density at radius 1 is 1.15 bits per heavy atom. The molecule has 0 fully saturated rings. The topological polar surface area (TPSA) is 92.0 Å². The summed E-state index contributed by atoms with van der Waals surface area (Å²) < 4.78 is 39.3. The van der Waals surface area contributed by atoms with E-state index in [4.69, 9.17) is 5.73 Å². The van der Waals surface area contributed by atoms with Crippen LogP contribution in [0.15, 0.2) is 42.6 Å². The van der Waals surface area contributed by atoms with Gasteiger partial charge in [-0.3, -0.25) is 4.79 Å². The van der Waals surface area contributed by atoms with E-state index in [0.717, 1.165) is 12.1 Å². The highest BCUT2D eigenvalue weighted by Gasteiger charge is 2.30. The molecular formula is C18H14F3N3O2. The Bertz CT molecular complexity index is 1090. The van der Waals surface area contributed by atoms with Gasteiger partial charge in [0.15, 0.2) is 5.69 Å². The van der Waals surface area contributed by atoms with E-state index in [1.54, 1.807) is 19.1 Å². The van der Waals surface area contributed by atoms with Crippen molar-refractivity contribution < 1.29 is 23.1 Å². The maximum absolute atomic E-state index is 13.1. The number of aromatic hydroxyl groups is 1. The first-order chi connectivity index (χ1) is 12.2. The monoisotopic (exact) mass is 361 g/mol. The van der Waals surface area contributed by atoms with Crippen LogP contribution in [0.5, 0.6) is 5.75 Å². The van der Waals surface area contributed by atoms with E-state index in [0.29, 0.717) is 10.9 Å². The molecule has 4 N–H and O–H groups in total. The van der Waals surface area contributed by atoms with Gasteiger partial charge in [0.2, 0.25) is 0 Å². The number of aryl methyl sites for hydroxylation is 1. The van der Waals surface area contributed by atoms with Crippen LogP contribution in [0.3, 0.4) is 0 Å². The summed E-state index contributed by atoms with van der Waals surface area (Å²) in [6.45, 7) is 1.71. The van der Waals surface area contributed by atoms with Gasteiger partial charge in [0.25, 0.3) is 5.91 Å². The van der Waals surface area contributed by atoms with Crippen molar-refractivity contribution in [3.05, 3.63) is 59.4 Å². The van der Waals surface area contributed by atoms with Crippen molar-refractivity contribution in [1.29, 1.82) is 0 Å². The molecule has 0 unspecified atom stereocenters. The molecule has 0 bridgehead atoms. The summed E-state index contributed by atoms with van der Waals surface area (Å²) in [6.07, 6.45) is -3.32. The molecule has 0 atom stereocenters. The molecule has 134 valence electrons. The summed E-state index contributed by atoms with van der Waals surface area (Å²) in [6, 6.07) is 7.67. The lowest BCUT2D eigenvalue weighted by molar-refractivity contribution is -0.137. The Morgan fingerprint density at radius 2 is 1.88 bits per heavy atom. The van der Waals surface area contributed by atoms with Gasteiger partial charge in [-0.1, -0.05) is 11.6 Å². The van der Waals surface area contributed by atoms with E-state index >= 15 is 0 Å². The van der Waals surface area contributed by atoms with E-state index < -0.39 is 17.6 Å². The van der Waals surface area contributed by atoms with Gasteiger partial charge >= 0.3 is 6.18 Å². The quantitative estimate of drug-likeness (QED) is 0.612. The molecular weight excluding hydrogens is 347 g/mol. The Morgan fingerprint density at radius 3 is 2.54 bits per heavy atom. The van der Waals surface area contributed by atoms with Crippen LogP contribution in [-0.4, -0.2) is 21.0 Å². The van der Waals surface area contributed by atoms with E-state index in [1.165, 1.54) is 18.3 Å². The summed E-state index contributed by atoms with van der Waals surface area (Å²) in [7, 11) is 0. The molecule has 26 heavy (non-hydrogen) atoms. The molecule has 0 aliphatic rings. The van der Waals surface area contributed by atoms with Crippen molar-refractivity contribution in [1.82, 2.24) is 9.97 Å². The predicted octanol–water partition coefficient (Wildman–Crippen LogP) is 3.97. The molecule has 0 aliphatic carbocycles. The number of aromatic nitrogens is 2. The number of benzene rings is 1. The van der Waals surface area contributed by atoms with Gasteiger partial charge in [0.05, 0.1) is 16.6 Å². The fourth-order valence-electron chi connectivity index (χ4n) is 2.63. The molecule has 0 saturated heterocycles. The third-order valence-electron chi connectivity index (χ3n) is 3.84. The van der Waals surface area contributed by atoms with Crippen LogP contribution in [0, 0.1) is 6.92 Å². The number of amides is 1. The average Bonchev–Trinajstić information content (AvgIpc) is 2.63. The number of hydrogen-bond donors (Lipinski definition) is 3. The van der Waals surface area contributed by atoms with Crippen LogP contribution in [0.1, 0.15) is 21.6 Å². The third kappa shape index (κ3) is 3.26. The van der Waals surface area contributed by atoms with Crippen LogP contribution < -0.4 is 5.73 Å². The van der Waals surface area contributed by atoms with E-state index in [-0.39, 0.29) is 27.9 Å². The Hall–Kier alpha value is -3.29. The number of nitrogens with two attached hydrogens (primary N) is 1. The smallest absolute Gasteiger partial charge is 0.416 e. The van der Waals surface area contributed by atoms with Gasteiger partial charge in [-0.15, -0.1) is 0 Å². The van der Waals surface area contributed by atoms with E-state index in [1.807, 2.05) is 0 Å². The van der Waals surface area contributed by atoms with Gasteiger partial charge in [-0.2, -0.15) is 13.2 Å². The number of nitrogens with one attached hydrogen (secondary N) is 1. The van der Waals surface area contributed by atoms with Crippen molar-refractivity contribution in [2.45, 2.75) is 13.1 Å². The number of alkyl halides is 3. The van der Waals surface area contributed by atoms with Crippen LogP contribution >= 0.6 is 0 Å². The van der Waals surface area contributed by atoms with E-state index in [9.17, 15) is 23.1 Å². The number of pyridine rings is 1. The minimum absolute atomic E-state index is 0.124. The first-order valence-electron chi connectivity index (χ1n) is 7.53. The number of fused-ring (bicyclic) bond motifs is 3. The summed E-state index contributed by atoms with van der Waals surface area (Å²) in [5.74, 6) is -0.980. The Labute approximate surface area is 145 Å². The van der Waals surface area contributed by atoms with E-state index in [2.05, 4.69) is 9.97 Å². The van der Waals surface area contributed by atoms with Crippen LogP contribution in [0.25, 0.3) is 21.8 Å². The van der Waals surface area contributed by atoms with Crippen LogP contribution in [-0.2, 0) is 6.18 Å². The minimum Gasteiger partial charge on any atom is -0.506 e. The highest BCUT2D eigenvalue weighted by molar-refractivity contribution is 6.12. The molecule has 0 aliphatic heterocycles. The average molecular weight is 361 g/mol. The van der Waals surface area contributed by atoms with Crippen molar-refractivity contribution in [3.63, 3.8) is 0 Å². The zero-order valence-electron chi connectivity index (χ0n) is 13.6. The first kappa shape index (κ1) is 17.5. The van der Waals surface area contributed by atoms with Gasteiger partial charge in [-0.25, -0.2) is 4.98 Å². The molecule has 8 heteroatoms.